The lowest BCUT2D eigenvalue weighted by Gasteiger charge is -2.39. The van der Waals surface area contributed by atoms with E-state index in [1.54, 1.807) is 0 Å². The number of nitrogens with one attached hydrogen (secondary N) is 1. The number of hydrogen-bond acceptors (Lipinski definition) is 2. The summed E-state index contributed by atoms with van der Waals surface area (Å²) >= 11 is 8.51. The van der Waals surface area contributed by atoms with Gasteiger partial charge in [-0.15, -0.1) is 0 Å². The van der Waals surface area contributed by atoms with E-state index < -0.39 is 5.41 Å². The van der Waals surface area contributed by atoms with Crippen LogP contribution >= 0.6 is 28.1 Å². The summed E-state index contributed by atoms with van der Waals surface area (Å²) in [6.07, 6.45) is 2.49. The number of rotatable bonds is 3. The summed E-state index contributed by atoms with van der Waals surface area (Å²) in [5, 5.41) is 2.92. The maximum Gasteiger partial charge on any atom is 0.237 e. The Morgan fingerprint density at radius 3 is 2.67 bits per heavy atom. The van der Waals surface area contributed by atoms with Crippen LogP contribution in [0.5, 0.6) is 0 Å². The van der Waals surface area contributed by atoms with Crippen LogP contribution in [0.25, 0.3) is 0 Å². The highest BCUT2D eigenvalue weighted by Crippen LogP contribution is 2.42. The van der Waals surface area contributed by atoms with E-state index in [0.717, 1.165) is 35.0 Å². The van der Waals surface area contributed by atoms with Gasteiger partial charge >= 0.3 is 0 Å². The van der Waals surface area contributed by atoms with E-state index in [0.29, 0.717) is 4.99 Å². The quantitative estimate of drug-likeness (QED) is 0.839. The molecule has 0 bridgehead atoms. The number of nitrogens with two attached hydrogens (primary N) is 1. The van der Waals surface area contributed by atoms with Crippen LogP contribution in [0.1, 0.15) is 24.8 Å². The largest absolute Gasteiger partial charge is 0.392 e. The summed E-state index contributed by atoms with van der Waals surface area (Å²) in [4.78, 5) is 12.6. The van der Waals surface area contributed by atoms with Gasteiger partial charge in [0.15, 0.2) is 0 Å². The van der Waals surface area contributed by atoms with Gasteiger partial charge in [-0.3, -0.25) is 4.79 Å². The molecule has 1 amide bonds. The van der Waals surface area contributed by atoms with Crippen LogP contribution in [0.4, 0.5) is 5.69 Å². The van der Waals surface area contributed by atoms with E-state index in [1.165, 1.54) is 0 Å². The smallest absolute Gasteiger partial charge is 0.237 e. The Bertz CT molecular complexity index is 512. The summed E-state index contributed by atoms with van der Waals surface area (Å²) in [5.74, 6) is -0.0902. The third-order valence-corrected chi connectivity index (χ3v) is 5.00. The Labute approximate surface area is 120 Å². The normalized spacial score (nSPS) is 16.8. The molecule has 0 atom stereocenters. The number of carbonyl (C=O) groups excluding carboxylic acids is 1. The Balaban J connectivity index is 2.21. The van der Waals surface area contributed by atoms with Crippen molar-refractivity contribution in [1.29, 1.82) is 0 Å². The van der Waals surface area contributed by atoms with Crippen molar-refractivity contribution in [2.75, 3.05) is 5.32 Å². The minimum Gasteiger partial charge on any atom is -0.392 e. The molecule has 0 heterocycles. The van der Waals surface area contributed by atoms with Gasteiger partial charge in [0.05, 0.1) is 16.1 Å². The highest BCUT2D eigenvalue weighted by Gasteiger charge is 2.47. The molecule has 0 unspecified atom stereocenters. The zero-order chi connectivity index (χ0) is 13.3. The van der Waals surface area contributed by atoms with Gasteiger partial charge < -0.3 is 11.1 Å². The van der Waals surface area contributed by atoms with Crippen LogP contribution in [0.15, 0.2) is 22.7 Å². The molecule has 1 aromatic rings. The van der Waals surface area contributed by atoms with Crippen molar-refractivity contribution in [3.63, 3.8) is 0 Å². The number of hydrogen-bond donors (Lipinski definition) is 2. The van der Waals surface area contributed by atoms with E-state index in [9.17, 15) is 4.79 Å². The third-order valence-electron chi connectivity index (χ3n) is 3.55. The first kappa shape index (κ1) is 13.5. The molecule has 5 heteroatoms. The minimum absolute atomic E-state index is 0.0902. The molecule has 2 rings (SSSR count). The van der Waals surface area contributed by atoms with Crippen LogP contribution < -0.4 is 11.1 Å². The Morgan fingerprint density at radius 2 is 2.17 bits per heavy atom. The fourth-order valence-electron chi connectivity index (χ4n) is 2.10. The lowest BCUT2D eigenvalue weighted by molar-refractivity contribution is -0.125. The van der Waals surface area contributed by atoms with Gasteiger partial charge in [0.2, 0.25) is 5.91 Å². The minimum atomic E-state index is -0.640. The number of halogens is 1. The SMILES string of the molecule is Cc1cccc(NC(=O)C2(C(N)=S)CCC2)c1Br. The predicted molar refractivity (Wildman–Crippen MR) is 80.6 cm³/mol. The Hall–Kier alpha value is -0.940. The fourth-order valence-corrected chi connectivity index (χ4v) is 2.76. The van der Waals surface area contributed by atoms with Crippen LogP contribution in [0.2, 0.25) is 0 Å². The monoisotopic (exact) mass is 326 g/mol. The van der Waals surface area contributed by atoms with Crippen molar-refractivity contribution in [2.24, 2.45) is 11.1 Å². The van der Waals surface area contributed by atoms with Crippen molar-refractivity contribution in [3.8, 4) is 0 Å². The number of benzene rings is 1. The Kier molecular flexibility index (Phi) is 3.73. The number of thiocarbonyl (C=S) groups is 1. The second-order valence-electron chi connectivity index (χ2n) is 4.69. The first-order valence-corrected chi connectivity index (χ1v) is 7.04. The Morgan fingerprint density at radius 1 is 1.50 bits per heavy atom. The molecule has 1 fully saturated rings. The second kappa shape index (κ2) is 4.97. The molecule has 3 nitrogen and oxygen atoms in total. The van der Waals surface area contributed by atoms with E-state index in [4.69, 9.17) is 18.0 Å². The van der Waals surface area contributed by atoms with Crippen LogP contribution in [-0.4, -0.2) is 10.9 Å². The molecule has 0 saturated heterocycles. The molecule has 0 radical (unpaired) electrons. The maximum absolute atomic E-state index is 12.3. The standard InChI is InChI=1S/C13H15BrN2OS/c1-8-4-2-5-9(10(8)14)16-12(17)13(11(15)18)6-3-7-13/h2,4-5H,3,6-7H2,1H3,(H2,15,18)(H,16,17). The zero-order valence-corrected chi connectivity index (χ0v) is 12.5. The molecule has 3 N–H and O–H groups in total. The zero-order valence-electron chi connectivity index (χ0n) is 10.1. The number of anilines is 1. The molecule has 96 valence electrons. The van der Waals surface area contributed by atoms with Gasteiger partial charge in [-0.2, -0.15) is 0 Å². The van der Waals surface area contributed by atoms with Gasteiger partial charge in [0.25, 0.3) is 0 Å². The molecular formula is C13H15BrN2OS. The first-order chi connectivity index (χ1) is 8.47. The highest BCUT2D eigenvalue weighted by molar-refractivity contribution is 9.10. The third kappa shape index (κ3) is 2.17. The van der Waals surface area contributed by atoms with Gasteiger partial charge in [0.1, 0.15) is 0 Å². The fraction of sp³-hybridized carbons (Fsp3) is 0.385. The van der Waals surface area contributed by atoms with Crippen LogP contribution in [-0.2, 0) is 4.79 Å². The molecule has 1 aliphatic carbocycles. The molecule has 0 aliphatic heterocycles. The van der Waals surface area contributed by atoms with Crippen molar-refractivity contribution in [3.05, 3.63) is 28.2 Å². The first-order valence-electron chi connectivity index (χ1n) is 5.84. The van der Waals surface area contributed by atoms with Crippen molar-refractivity contribution in [2.45, 2.75) is 26.2 Å². The molecule has 0 spiro atoms. The predicted octanol–water partition coefficient (Wildman–Crippen LogP) is 3.15. The highest BCUT2D eigenvalue weighted by atomic mass is 79.9. The average molecular weight is 327 g/mol. The molecule has 1 saturated carbocycles. The molecule has 0 aromatic heterocycles. The second-order valence-corrected chi connectivity index (χ2v) is 5.92. The number of amides is 1. The van der Waals surface area contributed by atoms with Crippen molar-refractivity contribution < 1.29 is 4.79 Å². The summed E-state index contributed by atoms with van der Waals surface area (Å²) in [6, 6.07) is 5.75. The lowest BCUT2D eigenvalue weighted by Crippen LogP contribution is -2.50. The summed E-state index contributed by atoms with van der Waals surface area (Å²) in [5.41, 5.74) is 6.91. The van der Waals surface area contributed by atoms with Crippen LogP contribution in [0, 0.1) is 12.3 Å². The molecule has 18 heavy (non-hydrogen) atoms. The van der Waals surface area contributed by atoms with Gasteiger partial charge in [-0.05, 0) is 47.3 Å². The van der Waals surface area contributed by atoms with Crippen molar-refractivity contribution in [1.82, 2.24) is 0 Å². The maximum atomic E-state index is 12.3. The summed E-state index contributed by atoms with van der Waals surface area (Å²) < 4.78 is 0.899. The van der Waals surface area contributed by atoms with E-state index in [1.807, 2.05) is 25.1 Å². The average Bonchev–Trinajstić information content (AvgIpc) is 2.22. The van der Waals surface area contributed by atoms with E-state index >= 15 is 0 Å². The number of aryl methyl sites for hydroxylation is 1. The summed E-state index contributed by atoms with van der Waals surface area (Å²) in [6.45, 7) is 1.98. The topological polar surface area (TPSA) is 55.1 Å². The van der Waals surface area contributed by atoms with Crippen LogP contribution in [0.3, 0.4) is 0 Å². The molecule has 1 aliphatic rings. The van der Waals surface area contributed by atoms with Gasteiger partial charge in [-0.1, -0.05) is 30.8 Å². The molecule has 1 aromatic carbocycles. The van der Waals surface area contributed by atoms with Gasteiger partial charge in [0, 0.05) is 4.47 Å². The lowest BCUT2D eigenvalue weighted by atomic mass is 9.68. The molecular weight excluding hydrogens is 312 g/mol. The number of carbonyl (C=O) groups is 1. The summed E-state index contributed by atoms with van der Waals surface area (Å²) in [7, 11) is 0. The van der Waals surface area contributed by atoms with E-state index in [-0.39, 0.29) is 5.91 Å². The van der Waals surface area contributed by atoms with Gasteiger partial charge in [-0.25, -0.2) is 0 Å². The van der Waals surface area contributed by atoms with Crippen molar-refractivity contribution >= 4 is 44.7 Å². The van der Waals surface area contributed by atoms with E-state index in [2.05, 4.69) is 21.2 Å².